The van der Waals surface area contributed by atoms with Crippen LogP contribution in [0.2, 0.25) is 0 Å². The molecule has 0 saturated carbocycles. The van der Waals surface area contributed by atoms with Crippen molar-refractivity contribution in [2.75, 3.05) is 38.1 Å². The Kier molecular flexibility index (Phi) is 4.77. The van der Waals surface area contributed by atoms with E-state index in [1.54, 1.807) is 0 Å². The van der Waals surface area contributed by atoms with Crippen LogP contribution in [0.3, 0.4) is 0 Å². The number of likely N-dealkylation sites (N-methyl/N-ethyl adjacent to an activating group) is 1. The summed E-state index contributed by atoms with van der Waals surface area (Å²) in [5, 5.41) is 3.24. The van der Waals surface area contributed by atoms with E-state index in [0.717, 1.165) is 32.0 Å². The van der Waals surface area contributed by atoms with Crippen LogP contribution in [-0.2, 0) is 0 Å². The molecule has 1 aliphatic rings. The highest BCUT2D eigenvalue weighted by Crippen LogP contribution is 2.19. The number of nitrogens with one attached hydrogen (secondary N) is 1. The van der Waals surface area contributed by atoms with Crippen molar-refractivity contribution < 1.29 is 0 Å². The van der Waals surface area contributed by atoms with E-state index in [9.17, 15) is 0 Å². The van der Waals surface area contributed by atoms with Crippen LogP contribution in [0.4, 0.5) is 5.82 Å². The van der Waals surface area contributed by atoms with Crippen LogP contribution < -0.4 is 10.2 Å². The van der Waals surface area contributed by atoms with E-state index in [4.69, 9.17) is 0 Å². The molecular formula is C15H26N4. The Morgan fingerprint density at radius 2 is 2.21 bits per heavy atom. The summed E-state index contributed by atoms with van der Waals surface area (Å²) in [6.07, 6.45) is 1.99. The van der Waals surface area contributed by atoms with E-state index < -0.39 is 0 Å². The molecule has 19 heavy (non-hydrogen) atoms. The van der Waals surface area contributed by atoms with Crippen LogP contribution in [0.25, 0.3) is 0 Å². The summed E-state index contributed by atoms with van der Waals surface area (Å²) in [5.41, 5.74) is 1.24. The van der Waals surface area contributed by atoms with Gasteiger partial charge in [0.15, 0.2) is 0 Å². The number of hydrogen-bond acceptors (Lipinski definition) is 4. The van der Waals surface area contributed by atoms with Gasteiger partial charge in [0, 0.05) is 37.9 Å². The maximum atomic E-state index is 4.62. The van der Waals surface area contributed by atoms with E-state index in [0.29, 0.717) is 12.1 Å². The molecule has 1 saturated heterocycles. The van der Waals surface area contributed by atoms with Crippen molar-refractivity contribution in [3.63, 3.8) is 0 Å². The Bertz CT molecular complexity index is 390. The van der Waals surface area contributed by atoms with Crippen molar-refractivity contribution in [3.05, 3.63) is 23.9 Å². The molecule has 0 radical (unpaired) electrons. The highest BCUT2D eigenvalue weighted by Gasteiger charge is 2.23. The fraction of sp³-hybridized carbons (Fsp3) is 0.667. The molecule has 2 rings (SSSR count). The summed E-state index contributed by atoms with van der Waals surface area (Å²) < 4.78 is 0. The fourth-order valence-electron chi connectivity index (χ4n) is 2.68. The van der Waals surface area contributed by atoms with Crippen molar-refractivity contribution in [1.29, 1.82) is 0 Å². The van der Waals surface area contributed by atoms with E-state index in [-0.39, 0.29) is 0 Å². The molecule has 1 aromatic heterocycles. The zero-order chi connectivity index (χ0) is 13.8. The van der Waals surface area contributed by atoms with Gasteiger partial charge in [0.2, 0.25) is 0 Å². The van der Waals surface area contributed by atoms with E-state index in [1.807, 2.05) is 13.2 Å². The third-order valence-corrected chi connectivity index (χ3v) is 4.20. The van der Waals surface area contributed by atoms with Crippen LogP contribution in [0.5, 0.6) is 0 Å². The number of nitrogens with zero attached hydrogens (tertiary/aromatic N) is 3. The van der Waals surface area contributed by atoms with Gasteiger partial charge in [-0.1, -0.05) is 13.0 Å². The Morgan fingerprint density at radius 1 is 1.42 bits per heavy atom. The van der Waals surface area contributed by atoms with Gasteiger partial charge in [0.05, 0.1) is 0 Å². The van der Waals surface area contributed by atoms with Crippen LogP contribution in [0.1, 0.15) is 32.4 Å². The molecule has 4 heteroatoms. The number of hydrogen-bond donors (Lipinski definition) is 1. The molecule has 2 unspecified atom stereocenters. The molecule has 2 heterocycles. The highest BCUT2D eigenvalue weighted by molar-refractivity contribution is 5.40. The van der Waals surface area contributed by atoms with Crippen LogP contribution in [0.15, 0.2) is 18.3 Å². The summed E-state index contributed by atoms with van der Waals surface area (Å²) >= 11 is 0. The van der Waals surface area contributed by atoms with Crippen molar-refractivity contribution in [1.82, 2.24) is 15.2 Å². The van der Waals surface area contributed by atoms with Crippen molar-refractivity contribution in [2.45, 2.75) is 32.9 Å². The third-order valence-electron chi connectivity index (χ3n) is 4.20. The lowest BCUT2D eigenvalue weighted by Crippen LogP contribution is -2.51. The fourth-order valence-corrected chi connectivity index (χ4v) is 2.68. The molecule has 0 bridgehead atoms. The molecule has 0 spiro atoms. The largest absolute Gasteiger partial charge is 0.354 e. The molecule has 1 aromatic rings. The Morgan fingerprint density at radius 3 is 2.74 bits per heavy atom. The van der Waals surface area contributed by atoms with E-state index >= 15 is 0 Å². The lowest BCUT2D eigenvalue weighted by atomic mass is 10.1. The Balaban J connectivity index is 2.03. The minimum Gasteiger partial charge on any atom is -0.354 e. The molecule has 1 fully saturated rings. The average Bonchev–Trinajstić information content (AvgIpc) is 2.46. The molecule has 2 atom stereocenters. The van der Waals surface area contributed by atoms with Crippen molar-refractivity contribution >= 4 is 5.82 Å². The lowest BCUT2D eigenvalue weighted by molar-refractivity contribution is 0.199. The van der Waals surface area contributed by atoms with Crippen molar-refractivity contribution in [2.24, 2.45) is 0 Å². The van der Waals surface area contributed by atoms with Gasteiger partial charge in [-0.05, 0) is 39.1 Å². The third kappa shape index (κ3) is 3.25. The predicted octanol–water partition coefficient (Wildman–Crippen LogP) is 1.89. The van der Waals surface area contributed by atoms with Gasteiger partial charge in [-0.3, -0.25) is 4.90 Å². The molecule has 0 aliphatic carbocycles. The number of rotatable bonds is 4. The summed E-state index contributed by atoms with van der Waals surface area (Å²) in [6.45, 7) is 11.1. The molecule has 0 aromatic carbocycles. The molecule has 0 amide bonds. The van der Waals surface area contributed by atoms with Gasteiger partial charge in [0.25, 0.3) is 0 Å². The first-order valence-corrected chi connectivity index (χ1v) is 7.28. The van der Waals surface area contributed by atoms with Gasteiger partial charge in [-0.25, -0.2) is 4.98 Å². The normalized spacial score (nSPS) is 22.5. The van der Waals surface area contributed by atoms with Crippen molar-refractivity contribution in [3.8, 4) is 0 Å². The Labute approximate surface area is 116 Å². The molecule has 1 aliphatic heterocycles. The second-order valence-corrected chi connectivity index (χ2v) is 5.38. The monoisotopic (exact) mass is 262 g/mol. The minimum atomic E-state index is 0.359. The maximum Gasteiger partial charge on any atom is 0.128 e. The molecule has 4 nitrogen and oxygen atoms in total. The van der Waals surface area contributed by atoms with Gasteiger partial charge >= 0.3 is 0 Å². The van der Waals surface area contributed by atoms with Crippen LogP contribution >= 0.6 is 0 Å². The van der Waals surface area contributed by atoms with Crippen LogP contribution in [-0.4, -0.2) is 49.2 Å². The molecular weight excluding hydrogens is 236 g/mol. The molecule has 1 N–H and O–H groups in total. The summed E-state index contributed by atoms with van der Waals surface area (Å²) in [4.78, 5) is 9.54. The Hall–Kier alpha value is -1.13. The van der Waals surface area contributed by atoms with Gasteiger partial charge in [0.1, 0.15) is 5.82 Å². The maximum absolute atomic E-state index is 4.62. The quantitative estimate of drug-likeness (QED) is 0.898. The highest BCUT2D eigenvalue weighted by atomic mass is 15.3. The second kappa shape index (κ2) is 6.35. The SMILES string of the molecule is CCN1CCN(c2ccc(C(C)NC)cn2)CC1C. The minimum absolute atomic E-state index is 0.359. The number of piperazine rings is 1. The first-order valence-electron chi connectivity index (χ1n) is 7.28. The lowest BCUT2D eigenvalue weighted by Gasteiger charge is -2.40. The summed E-state index contributed by atoms with van der Waals surface area (Å²) in [5.74, 6) is 1.11. The number of aromatic nitrogens is 1. The first-order chi connectivity index (χ1) is 9.15. The zero-order valence-electron chi connectivity index (χ0n) is 12.6. The smallest absolute Gasteiger partial charge is 0.128 e. The first kappa shape index (κ1) is 14.3. The van der Waals surface area contributed by atoms with Gasteiger partial charge in [-0.15, -0.1) is 0 Å². The summed E-state index contributed by atoms with van der Waals surface area (Å²) in [7, 11) is 1.98. The topological polar surface area (TPSA) is 31.4 Å². The van der Waals surface area contributed by atoms with Gasteiger partial charge in [-0.2, -0.15) is 0 Å². The predicted molar refractivity (Wildman–Crippen MR) is 80.6 cm³/mol. The van der Waals surface area contributed by atoms with E-state index in [1.165, 1.54) is 5.56 Å². The van der Waals surface area contributed by atoms with Crippen LogP contribution in [0, 0.1) is 0 Å². The molecule has 106 valence electrons. The average molecular weight is 262 g/mol. The second-order valence-electron chi connectivity index (χ2n) is 5.38. The van der Waals surface area contributed by atoms with Gasteiger partial charge < -0.3 is 10.2 Å². The van der Waals surface area contributed by atoms with E-state index in [2.05, 4.69) is 53.0 Å². The summed E-state index contributed by atoms with van der Waals surface area (Å²) in [6, 6.07) is 5.30. The standard InChI is InChI=1S/C15H26N4/c1-5-18-8-9-19(11-12(18)2)15-7-6-14(10-17-15)13(3)16-4/h6-7,10,12-13,16H,5,8-9,11H2,1-4H3. The zero-order valence-corrected chi connectivity index (χ0v) is 12.6. The number of pyridine rings is 1. The number of anilines is 1.